The quantitative estimate of drug-likeness (QED) is 0.515. The summed E-state index contributed by atoms with van der Waals surface area (Å²) >= 11 is 0. The number of aliphatic carboxylic acids is 1. The molecule has 2 saturated carbocycles. The van der Waals surface area contributed by atoms with Gasteiger partial charge in [0.05, 0.1) is 11.1 Å². The van der Waals surface area contributed by atoms with Gasteiger partial charge in [-0.25, -0.2) is 0 Å². The van der Waals surface area contributed by atoms with Gasteiger partial charge in [0.1, 0.15) is 0 Å². The van der Waals surface area contributed by atoms with Crippen molar-refractivity contribution in [3.05, 3.63) is 0 Å². The van der Waals surface area contributed by atoms with Crippen molar-refractivity contribution < 1.29 is 15.1 Å². The second kappa shape index (κ2) is 2.54. The van der Waals surface area contributed by atoms with E-state index in [1.165, 1.54) is 0 Å². The molecule has 15 heavy (non-hydrogen) atoms. The van der Waals surface area contributed by atoms with E-state index in [0.29, 0.717) is 18.6 Å². The normalized spacial score (nSPS) is 44.9. The highest BCUT2D eigenvalue weighted by Gasteiger charge is 2.72. The van der Waals surface area contributed by atoms with Crippen LogP contribution in [0.3, 0.4) is 0 Å². The van der Waals surface area contributed by atoms with Crippen molar-refractivity contribution in [2.75, 3.05) is 0 Å². The van der Waals surface area contributed by atoms with Gasteiger partial charge in [-0.2, -0.15) is 0 Å². The lowest BCUT2D eigenvalue weighted by Crippen LogP contribution is -2.40. The van der Waals surface area contributed by atoms with Gasteiger partial charge < -0.3 is 10.3 Å². The Bertz CT molecular complexity index is 361. The van der Waals surface area contributed by atoms with E-state index in [4.69, 9.17) is 5.21 Å². The molecule has 2 aliphatic rings. The van der Waals surface area contributed by atoms with Crippen LogP contribution in [0.4, 0.5) is 0 Å². The first-order chi connectivity index (χ1) is 6.82. The lowest BCUT2D eigenvalue weighted by Gasteiger charge is -2.37. The molecule has 0 aromatic rings. The predicted octanol–water partition coefficient (Wildman–Crippen LogP) is 2.12. The fourth-order valence-electron chi connectivity index (χ4n) is 3.51. The summed E-state index contributed by atoms with van der Waals surface area (Å²) in [6.45, 7) is 5.97. The molecular weight excluding hydrogens is 194 g/mol. The van der Waals surface area contributed by atoms with E-state index in [9.17, 15) is 9.90 Å². The monoisotopic (exact) mass is 211 g/mol. The van der Waals surface area contributed by atoms with E-state index in [0.717, 1.165) is 6.42 Å². The topological polar surface area (TPSA) is 69.9 Å². The molecule has 4 nitrogen and oxygen atoms in total. The highest BCUT2D eigenvalue weighted by atomic mass is 16.4. The third-order valence-electron chi connectivity index (χ3n) is 5.26. The first-order valence-corrected chi connectivity index (χ1v) is 5.27. The molecule has 2 rings (SSSR count). The van der Waals surface area contributed by atoms with Crippen molar-refractivity contribution in [2.45, 2.75) is 40.0 Å². The lowest BCUT2D eigenvalue weighted by molar-refractivity contribution is -0.154. The fraction of sp³-hybridized carbons (Fsp3) is 0.818. The van der Waals surface area contributed by atoms with E-state index in [1.54, 1.807) is 0 Å². The molecule has 0 aromatic heterocycles. The van der Waals surface area contributed by atoms with Gasteiger partial charge in [-0.05, 0) is 18.3 Å². The van der Waals surface area contributed by atoms with Crippen molar-refractivity contribution in [1.29, 1.82) is 0 Å². The van der Waals surface area contributed by atoms with Crippen molar-refractivity contribution in [1.82, 2.24) is 0 Å². The number of hydrogen-bond acceptors (Lipinski definition) is 3. The van der Waals surface area contributed by atoms with Crippen LogP contribution < -0.4 is 0 Å². The number of carboxylic acid groups (broad SMARTS) is 1. The maximum absolute atomic E-state index is 11.5. The van der Waals surface area contributed by atoms with Gasteiger partial charge in [0.15, 0.2) is 0 Å². The number of nitrogens with zero attached hydrogens (tertiary/aromatic N) is 1. The zero-order chi connectivity index (χ0) is 11.5. The minimum absolute atomic E-state index is 0.264. The van der Waals surface area contributed by atoms with Crippen molar-refractivity contribution in [3.8, 4) is 0 Å². The van der Waals surface area contributed by atoms with Crippen LogP contribution in [0.25, 0.3) is 0 Å². The summed E-state index contributed by atoms with van der Waals surface area (Å²) in [5, 5.41) is 21.7. The SMILES string of the molecule is CC1(C)[C@]2(C(=O)O)CC[C@@]1(C)C(=NO)C2. The first-order valence-electron chi connectivity index (χ1n) is 5.27. The Morgan fingerprint density at radius 2 is 1.93 bits per heavy atom. The maximum atomic E-state index is 11.5. The minimum Gasteiger partial charge on any atom is -0.481 e. The van der Waals surface area contributed by atoms with Crippen molar-refractivity contribution >= 4 is 11.7 Å². The molecule has 84 valence electrons. The molecule has 2 bridgehead atoms. The van der Waals surface area contributed by atoms with Crippen LogP contribution in [0.1, 0.15) is 40.0 Å². The fourth-order valence-corrected chi connectivity index (χ4v) is 3.51. The molecule has 2 aliphatic carbocycles. The molecule has 0 spiro atoms. The number of carbonyl (C=O) groups is 1. The Morgan fingerprint density at radius 3 is 2.27 bits per heavy atom. The average Bonchev–Trinajstić information content (AvgIpc) is 2.46. The lowest BCUT2D eigenvalue weighted by atomic mass is 9.65. The molecule has 2 atom stereocenters. The van der Waals surface area contributed by atoms with Gasteiger partial charge in [-0.15, -0.1) is 0 Å². The van der Waals surface area contributed by atoms with Crippen LogP contribution in [0.15, 0.2) is 5.16 Å². The molecule has 0 aromatic carbocycles. The summed E-state index contributed by atoms with van der Waals surface area (Å²) in [5.41, 5.74) is -0.683. The van der Waals surface area contributed by atoms with Crippen molar-refractivity contribution in [3.63, 3.8) is 0 Å². The van der Waals surface area contributed by atoms with Crippen LogP contribution in [0.5, 0.6) is 0 Å². The van der Waals surface area contributed by atoms with Gasteiger partial charge in [0, 0.05) is 11.8 Å². The Hall–Kier alpha value is -1.06. The molecule has 0 radical (unpaired) electrons. The van der Waals surface area contributed by atoms with Crippen LogP contribution in [0, 0.1) is 16.2 Å². The van der Waals surface area contributed by atoms with Crippen LogP contribution in [0.2, 0.25) is 0 Å². The molecule has 0 amide bonds. The summed E-state index contributed by atoms with van der Waals surface area (Å²) in [6, 6.07) is 0. The van der Waals surface area contributed by atoms with Crippen LogP contribution in [-0.2, 0) is 4.79 Å². The summed E-state index contributed by atoms with van der Waals surface area (Å²) < 4.78 is 0. The Labute approximate surface area is 89.0 Å². The smallest absolute Gasteiger partial charge is 0.310 e. The van der Waals surface area contributed by atoms with Crippen LogP contribution in [-0.4, -0.2) is 22.0 Å². The minimum atomic E-state index is -0.755. The molecule has 0 aliphatic heterocycles. The summed E-state index contributed by atoms with van der Waals surface area (Å²) in [4.78, 5) is 11.5. The highest BCUT2D eigenvalue weighted by Crippen LogP contribution is 2.70. The second-order valence-electron chi connectivity index (χ2n) is 5.57. The first kappa shape index (κ1) is 10.5. The molecular formula is C11H17NO3. The number of oxime groups is 1. The summed E-state index contributed by atoms with van der Waals surface area (Å²) in [6.07, 6.45) is 1.87. The largest absolute Gasteiger partial charge is 0.481 e. The molecule has 4 heteroatoms. The number of carboxylic acids is 1. The highest BCUT2D eigenvalue weighted by molar-refractivity contribution is 6.00. The molecule has 2 N–H and O–H groups in total. The van der Waals surface area contributed by atoms with E-state index in [2.05, 4.69) is 5.16 Å². The van der Waals surface area contributed by atoms with Gasteiger partial charge in [-0.1, -0.05) is 25.9 Å². The van der Waals surface area contributed by atoms with E-state index in [-0.39, 0.29) is 10.8 Å². The third-order valence-corrected chi connectivity index (χ3v) is 5.26. The molecule has 0 unspecified atom stereocenters. The Balaban J connectivity index is 2.61. The number of hydrogen-bond donors (Lipinski definition) is 2. The van der Waals surface area contributed by atoms with Crippen molar-refractivity contribution in [2.24, 2.45) is 21.4 Å². The molecule has 0 heterocycles. The molecule has 0 saturated heterocycles. The Kier molecular flexibility index (Phi) is 1.77. The van der Waals surface area contributed by atoms with Gasteiger partial charge in [0.25, 0.3) is 0 Å². The zero-order valence-corrected chi connectivity index (χ0v) is 9.37. The third kappa shape index (κ3) is 0.840. The standard InChI is InChI=1S/C11H17NO3/c1-9(2)10(3)4-5-11(9,8(13)14)6-7(10)12-15/h15H,4-6H2,1-3H3,(H,13,14)/t10-,11+/m0/s1. The van der Waals surface area contributed by atoms with E-state index in [1.807, 2.05) is 20.8 Å². The zero-order valence-electron chi connectivity index (χ0n) is 9.37. The number of rotatable bonds is 1. The summed E-state index contributed by atoms with van der Waals surface area (Å²) in [7, 11) is 0. The van der Waals surface area contributed by atoms with E-state index >= 15 is 0 Å². The average molecular weight is 211 g/mol. The van der Waals surface area contributed by atoms with E-state index < -0.39 is 11.4 Å². The summed E-state index contributed by atoms with van der Waals surface area (Å²) in [5.74, 6) is -0.755. The van der Waals surface area contributed by atoms with Crippen LogP contribution >= 0.6 is 0 Å². The van der Waals surface area contributed by atoms with Gasteiger partial charge >= 0.3 is 5.97 Å². The Morgan fingerprint density at radius 1 is 1.33 bits per heavy atom. The maximum Gasteiger partial charge on any atom is 0.310 e. The predicted molar refractivity (Wildman–Crippen MR) is 55.0 cm³/mol. The second-order valence-corrected chi connectivity index (χ2v) is 5.57. The number of fused-ring (bicyclic) bond motifs is 2. The molecule has 2 fully saturated rings. The van der Waals surface area contributed by atoms with Gasteiger partial charge in [0.2, 0.25) is 0 Å². The van der Waals surface area contributed by atoms with Gasteiger partial charge in [-0.3, -0.25) is 4.79 Å².